The molecule has 0 heterocycles. The molecule has 0 aromatic heterocycles. The Hall–Kier alpha value is 2.75. The van der Waals surface area contributed by atoms with Crippen molar-refractivity contribution < 1.29 is 26.2 Å². The van der Waals surface area contributed by atoms with Gasteiger partial charge in [0.05, 0.1) is 0 Å². The summed E-state index contributed by atoms with van der Waals surface area (Å²) in [5, 5.41) is 0. The fourth-order valence-corrected chi connectivity index (χ4v) is 0.340. The summed E-state index contributed by atoms with van der Waals surface area (Å²) in [5.74, 6) is 0. The van der Waals surface area contributed by atoms with E-state index in [1.807, 2.05) is 12.2 Å². The zero-order valence-corrected chi connectivity index (χ0v) is 19.3. The summed E-state index contributed by atoms with van der Waals surface area (Å²) in [6.45, 7) is 4.78. The Balaban J connectivity index is -0.0000000956. The molecule has 11 heavy (non-hydrogen) atoms. The van der Waals surface area contributed by atoms with Crippen molar-refractivity contribution in [1.29, 1.82) is 0 Å². The van der Waals surface area contributed by atoms with E-state index < -0.39 is 0 Å². The van der Waals surface area contributed by atoms with Gasteiger partial charge < -0.3 is 0 Å². The van der Waals surface area contributed by atoms with Crippen LogP contribution in [0.5, 0.6) is 0 Å². The van der Waals surface area contributed by atoms with E-state index in [4.69, 9.17) is 6.58 Å². The van der Waals surface area contributed by atoms with E-state index in [1.54, 1.807) is 42.3 Å². The topological polar surface area (TPSA) is 0 Å². The molecule has 0 bridgehead atoms. The Kier molecular flexibility index (Phi) is 40.4. The molecule has 0 atom stereocenters. The van der Waals surface area contributed by atoms with Gasteiger partial charge in [0.1, 0.15) is 0 Å². The van der Waals surface area contributed by atoms with Crippen LogP contribution in [-0.2, 0) is 26.2 Å². The number of rotatable bonds is 0. The summed E-state index contributed by atoms with van der Waals surface area (Å²) in [6.07, 6.45) is 10.0. The van der Waals surface area contributed by atoms with Crippen molar-refractivity contribution in [3.8, 4) is 0 Å². The first-order valence-electron chi connectivity index (χ1n) is 2.54. The van der Waals surface area contributed by atoms with E-state index in [-0.39, 0.29) is 26.2 Å². The summed E-state index contributed by atoms with van der Waals surface area (Å²) < 4.78 is 1.64. The van der Waals surface area contributed by atoms with Gasteiger partial charge in [-0.3, -0.25) is 6.08 Å². The van der Waals surface area contributed by atoms with E-state index in [9.17, 15) is 0 Å². The molecule has 1 rings (SSSR count). The van der Waals surface area contributed by atoms with Gasteiger partial charge in [0.15, 0.2) is 0 Å². The van der Waals surface area contributed by atoms with Crippen molar-refractivity contribution >= 4 is 63.2 Å². The predicted octanol–water partition coefficient (Wildman–Crippen LogP) is 0.375. The standard InChI is InChI=1S/C5H5.C2H2.3Bi.Zr.H/c1-2-4-5-3-1;1-2;;;;;/h1-3H,4H2;1-2H;;;;;/q2*-1;;;;+2;. The largest absolute Gasteiger partial charge is 2.00 e. The van der Waals surface area contributed by atoms with E-state index in [1.165, 1.54) is 0 Å². The maximum absolute atomic E-state index is 4.78. The molecule has 1 aliphatic rings. The third kappa shape index (κ3) is 24.5. The molecule has 0 fully saturated rings. The van der Waals surface area contributed by atoms with Crippen LogP contribution in [0.25, 0.3) is 0 Å². The third-order valence-electron chi connectivity index (χ3n) is 0.586. The predicted molar refractivity (Wildman–Crippen MR) is 49.1 cm³/mol. The Labute approximate surface area is 128 Å². The molecule has 0 nitrogen and oxygen atoms in total. The van der Waals surface area contributed by atoms with Crippen LogP contribution < -0.4 is 0 Å². The van der Waals surface area contributed by atoms with Crippen LogP contribution in [0.4, 0.5) is 0 Å². The summed E-state index contributed by atoms with van der Waals surface area (Å²) in [6, 6.07) is 0. The number of hydrogen-bond acceptors (Lipinski definition) is 0. The van der Waals surface area contributed by atoms with Crippen molar-refractivity contribution in [3.63, 3.8) is 0 Å². The van der Waals surface area contributed by atoms with Gasteiger partial charge in [-0.15, -0.1) is 6.42 Å². The molecule has 1 aliphatic carbocycles. The van der Waals surface area contributed by atoms with E-state index in [0.29, 0.717) is 0 Å². The quantitative estimate of drug-likeness (QED) is 0.246. The summed E-state index contributed by atoms with van der Waals surface area (Å²) in [4.78, 5) is 0. The van der Waals surface area contributed by atoms with Gasteiger partial charge >= 0.3 is 99.8 Å². The van der Waals surface area contributed by atoms with Crippen LogP contribution in [0.1, 0.15) is 6.42 Å². The van der Waals surface area contributed by atoms with Crippen molar-refractivity contribution in [2.24, 2.45) is 0 Å². The average molecular weight is 810 g/mol. The maximum Gasteiger partial charge on any atom is 2.00 e. The molecule has 0 saturated carbocycles. The molecular weight excluding hydrogens is 802 g/mol. The minimum Gasteiger partial charge on any atom is 2.00 e. The van der Waals surface area contributed by atoms with Crippen LogP contribution in [0.3, 0.4) is 0 Å². The molecule has 0 saturated heterocycles. The molecule has 0 aliphatic heterocycles. The molecule has 55 valence electrons. The summed E-state index contributed by atoms with van der Waals surface area (Å²) in [7, 11) is 0. The zero-order valence-electron chi connectivity index (χ0n) is 5.99. The molecule has 4 heteroatoms. The Bertz CT molecular complexity index is 111. The van der Waals surface area contributed by atoms with E-state index >= 15 is 0 Å². The molecule has 0 spiro atoms. The van der Waals surface area contributed by atoms with Gasteiger partial charge in [0.25, 0.3) is 0 Å². The monoisotopic (exact) mass is 809 g/mol. The molecule has 0 N–H and O–H groups in total. The summed E-state index contributed by atoms with van der Waals surface area (Å²) in [5.41, 5.74) is 0. The van der Waals surface area contributed by atoms with Gasteiger partial charge in [0.2, 0.25) is 0 Å². The first-order chi connectivity index (χ1) is 4.91. The fraction of sp³-hybridized carbons (Fsp3) is 0.143. The fourth-order valence-electron chi connectivity index (χ4n) is 0.340. The first kappa shape index (κ1) is 19.3. The molecule has 3 radical (unpaired) electrons. The van der Waals surface area contributed by atoms with Crippen LogP contribution in [0.15, 0.2) is 22.0 Å². The number of hydrogen-bond donors (Lipinski definition) is 0. The van der Waals surface area contributed by atoms with Crippen molar-refractivity contribution in [1.82, 2.24) is 0 Å². The van der Waals surface area contributed by atoms with Crippen molar-refractivity contribution in [2.75, 3.05) is 0 Å². The van der Waals surface area contributed by atoms with Gasteiger partial charge in [-0.05, 0) is 0 Å². The van der Waals surface area contributed by atoms with Gasteiger partial charge in [-0.1, -0.05) is 0 Å². The van der Waals surface area contributed by atoms with Crippen LogP contribution in [0, 0.1) is 12.7 Å². The van der Waals surface area contributed by atoms with Crippen LogP contribution in [0.2, 0.25) is 0 Å². The van der Waals surface area contributed by atoms with Gasteiger partial charge in [-0.2, -0.15) is 6.08 Å². The number of allylic oxidation sites excluding steroid dienone is 4. The first-order valence-corrected chi connectivity index (χ1v) is 20.0. The van der Waals surface area contributed by atoms with Gasteiger partial charge in [0, 0.05) is 0 Å². The summed E-state index contributed by atoms with van der Waals surface area (Å²) >= 11 is 4.13. The minimum absolute atomic E-state index is 0. The average Bonchev–Trinajstić information content (AvgIpc) is 2.48. The Morgan fingerprint density at radius 3 is 2.09 bits per heavy atom. The SMILES string of the molecule is [Bi]=[Bi].[C-]1=CC=CC1.[CH-]=[CH][BiH].[Zr+2]. The van der Waals surface area contributed by atoms with Crippen molar-refractivity contribution in [2.45, 2.75) is 6.42 Å². The molecule has 0 amide bonds. The van der Waals surface area contributed by atoms with Crippen LogP contribution in [-0.4, -0.2) is 63.2 Å². The Morgan fingerprint density at radius 1 is 1.55 bits per heavy atom. The normalized spacial score (nSPS) is 9.55. The third-order valence-corrected chi connectivity index (χ3v) is 0.586. The molecule has 0 unspecified atom stereocenters. The van der Waals surface area contributed by atoms with E-state index in [0.717, 1.165) is 31.1 Å². The molecular formula is C7H8Bi3Zr. The molecule has 0 aromatic carbocycles. The minimum atomic E-state index is 0. The second-order valence-electron chi connectivity index (χ2n) is 1.17. The van der Waals surface area contributed by atoms with E-state index in [2.05, 4.69) is 12.2 Å². The maximum atomic E-state index is 4.78. The Morgan fingerprint density at radius 2 is 2.00 bits per heavy atom. The van der Waals surface area contributed by atoms with Gasteiger partial charge in [-0.25, -0.2) is 12.2 Å². The van der Waals surface area contributed by atoms with Crippen molar-refractivity contribution in [3.05, 3.63) is 34.7 Å². The van der Waals surface area contributed by atoms with Crippen LogP contribution >= 0.6 is 0 Å². The smallest absolute Gasteiger partial charge is 2.00 e. The second-order valence-corrected chi connectivity index (χ2v) is 2.47. The second kappa shape index (κ2) is 23.0. The molecule has 0 aromatic rings. The zero-order chi connectivity index (χ0) is 8.24.